The van der Waals surface area contributed by atoms with Crippen molar-refractivity contribution in [2.24, 2.45) is 5.16 Å². The van der Waals surface area contributed by atoms with Crippen molar-refractivity contribution < 1.29 is 32.4 Å². The monoisotopic (exact) mass is 753 g/mol. The SMILES string of the molecule is CO/N=C(/c1csc(NC(C)=O)c1)c1nnc(Nc2nc(Nc3ccc(F)c(Cl)c3)nc(Nc3nnc(C(=O)c4csc(NC(C)=O)c4)o3)n2)o1. The van der Waals surface area contributed by atoms with Crippen molar-refractivity contribution in [3.8, 4) is 0 Å². The van der Waals surface area contributed by atoms with Gasteiger partial charge in [-0.3, -0.25) is 25.0 Å². The third kappa shape index (κ3) is 8.62. The van der Waals surface area contributed by atoms with Crippen LogP contribution in [0, 0.1) is 5.82 Å². The predicted octanol–water partition coefficient (Wildman–Crippen LogP) is 5.33. The number of ketones is 1. The number of hydrogen-bond donors (Lipinski definition) is 5. The molecule has 0 atom stereocenters. The van der Waals surface area contributed by atoms with E-state index >= 15 is 0 Å². The molecule has 260 valence electrons. The highest BCUT2D eigenvalue weighted by Crippen LogP contribution is 2.27. The van der Waals surface area contributed by atoms with Crippen molar-refractivity contribution in [1.29, 1.82) is 0 Å². The second-order valence-electron chi connectivity index (χ2n) is 9.85. The van der Waals surface area contributed by atoms with Gasteiger partial charge in [0.2, 0.25) is 29.7 Å². The summed E-state index contributed by atoms with van der Waals surface area (Å²) in [5.74, 6) is -2.50. The van der Waals surface area contributed by atoms with Crippen molar-refractivity contribution in [2.75, 3.05) is 33.7 Å². The Balaban J connectivity index is 1.25. The minimum Gasteiger partial charge on any atom is -0.401 e. The molecular weight excluding hydrogens is 733 g/mol. The average Bonchev–Trinajstić information content (AvgIpc) is 3.90. The third-order valence-electron chi connectivity index (χ3n) is 6.01. The van der Waals surface area contributed by atoms with Gasteiger partial charge in [-0.15, -0.1) is 32.9 Å². The van der Waals surface area contributed by atoms with Gasteiger partial charge < -0.3 is 29.6 Å². The van der Waals surface area contributed by atoms with Gasteiger partial charge in [0.1, 0.15) is 12.9 Å². The van der Waals surface area contributed by atoms with Crippen LogP contribution in [-0.4, -0.2) is 65.8 Å². The Morgan fingerprint density at radius 3 is 1.92 bits per heavy atom. The summed E-state index contributed by atoms with van der Waals surface area (Å²) < 4.78 is 25.1. The van der Waals surface area contributed by atoms with Crippen LogP contribution in [0.2, 0.25) is 5.02 Å². The lowest BCUT2D eigenvalue weighted by molar-refractivity contribution is -0.115. The van der Waals surface area contributed by atoms with E-state index in [0.29, 0.717) is 21.3 Å². The number of rotatable bonds is 13. The number of halogens is 2. The highest BCUT2D eigenvalue weighted by molar-refractivity contribution is 7.15. The molecule has 2 amide bonds. The number of oxime groups is 1. The molecule has 0 aliphatic heterocycles. The van der Waals surface area contributed by atoms with E-state index in [2.05, 4.69) is 67.1 Å². The van der Waals surface area contributed by atoms with Crippen LogP contribution in [0.3, 0.4) is 0 Å². The lowest BCUT2D eigenvalue weighted by Crippen LogP contribution is -2.07. The fourth-order valence-electron chi connectivity index (χ4n) is 4.00. The highest BCUT2D eigenvalue weighted by atomic mass is 35.5. The standard InChI is InChI=1S/C28H21ClFN13O6S2/c1-11(44)31-18-6-13(9-50-18)20(43-47-3)22-39-41-27(48-22)37-25-34-24(33-15-4-5-17(30)16(29)8-15)35-26(36-25)38-28-42-40-23(49-28)21(46)14-7-19(51-10-14)32-12(2)45/h4-10H,1-3H3,(H,31,44)(H,32,45)(H3,33,34,35,36,37,38,41,42)/b43-20-. The number of carbonyl (C=O) groups excluding carboxylic acids is 3. The van der Waals surface area contributed by atoms with Gasteiger partial charge in [0, 0.05) is 41.4 Å². The van der Waals surface area contributed by atoms with Gasteiger partial charge in [0.25, 0.3) is 17.6 Å². The Morgan fingerprint density at radius 1 is 0.784 bits per heavy atom. The number of carbonyl (C=O) groups is 3. The quantitative estimate of drug-likeness (QED) is 0.0568. The summed E-state index contributed by atoms with van der Waals surface area (Å²) in [5.41, 5.74) is 1.26. The number of amides is 2. The Bertz CT molecular complexity index is 2290. The summed E-state index contributed by atoms with van der Waals surface area (Å²) in [5, 5.41) is 37.4. The van der Waals surface area contributed by atoms with Crippen LogP contribution in [0.25, 0.3) is 0 Å². The molecule has 5 heterocycles. The normalized spacial score (nSPS) is 11.2. The summed E-state index contributed by atoms with van der Waals surface area (Å²) >= 11 is 8.35. The van der Waals surface area contributed by atoms with Crippen molar-refractivity contribution in [3.63, 3.8) is 0 Å². The van der Waals surface area contributed by atoms with Gasteiger partial charge in [-0.2, -0.15) is 15.0 Å². The maximum Gasteiger partial charge on any atom is 0.322 e. The summed E-state index contributed by atoms with van der Waals surface area (Å²) in [6, 6.07) is 6.60. The fraction of sp³-hybridized carbons (Fsp3) is 0.107. The first kappa shape index (κ1) is 34.5. The van der Waals surface area contributed by atoms with Crippen LogP contribution >= 0.6 is 34.3 Å². The maximum atomic E-state index is 13.8. The molecule has 23 heteroatoms. The lowest BCUT2D eigenvalue weighted by Gasteiger charge is -2.09. The van der Waals surface area contributed by atoms with Crippen molar-refractivity contribution in [3.05, 3.63) is 74.8 Å². The van der Waals surface area contributed by atoms with E-state index in [-0.39, 0.29) is 69.8 Å². The van der Waals surface area contributed by atoms with Crippen molar-refractivity contribution >= 4 is 103 Å². The van der Waals surface area contributed by atoms with Gasteiger partial charge in [-0.05, 0) is 30.3 Å². The molecule has 0 aliphatic rings. The number of aromatic nitrogens is 7. The number of benzene rings is 1. The molecule has 5 N–H and O–H groups in total. The molecule has 0 spiro atoms. The molecule has 6 aromatic rings. The van der Waals surface area contributed by atoms with Crippen LogP contribution < -0.4 is 26.6 Å². The van der Waals surface area contributed by atoms with E-state index in [4.69, 9.17) is 25.3 Å². The first-order chi connectivity index (χ1) is 24.5. The molecule has 0 unspecified atom stereocenters. The second kappa shape index (κ2) is 15.0. The Morgan fingerprint density at radius 2 is 1.33 bits per heavy atom. The number of nitrogens with zero attached hydrogens (tertiary/aromatic N) is 8. The summed E-state index contributed by atoms with van der Waals surface area (Å²) in [6.45, 7) is 2.73. The minimum absolute atomic E-state index is 0.0453. The molecule has 0 fully saturated rings. The molecular formula is C28H21ClFN13O6S2. The first-order valence-electron chi connectivity index (χ1n) is 14.1. The summed E-state index contributed by atoms with van der Waals surface area (Å²) in [4.78, 5) is 53.5. The largest absolute Gasteiger partial charge is 0.401 e. The summed E-state index contributed by atoms with van der Waals surface area (Å²) in [7, 11) is 1.34. The molecule has 51 heavy (non-hydrogen) atoms. The molecule has 6 rings (SSSR count). The Labute approximate surface area is 297 Å². The zero-order valence-electron chi connectivity index (χ0n) is 26.1. The number of hydrogen-bond acceptors (Lipinski definition) is 19. The second-order valence-corrected chi connectivity index (χ2v) is 12.1. The van der Waals surface area contributed by atoms with E-state index in [0.717, 1.165) is 17.4 Å². The van der Waals surface area contributed by atoms with Crippen LogP contribution in [-0.2, 0) is 14.4 Å². The minimum atomic E-state index is -0.629. The van der Waals surface area contributed by atoms with Gasteiger partial charge >= 0.3 is 12.0 Å². The Kier molecular flexibility index (Phi) is 10.2. The van der Waals surface area contributed by atoms with Crippen molar-refractivity contribution in [2.45, 2.75) is 13.8 Å². The zero-order chi connectivity index (χ0) is 36.1. The number of nitrogens with one attached hydrogen (secondary N) is 5. The van der Waals surface area contributed by atoms with Crippen LogP contribution in [0.4, 0.5) is 50.0 Å². The van der Waals surface area contributed by atoms with E-state index in [1.807, 2.05) is 0 Å². The maximum absolute atomic E-state index is 13.8. The van der Waals surface area contributed by atoms with Crippen LogP contribution in [0.15, 0.2) is 55.1 Å². The Hall–Kier alpha value is -6.39. The molecule has 0 radical (unpaired) electrons. The molecule has 5 aromatic heterocycles. The van der Waals surface area contributed by atoms with E-state index in [1.54, 1.807) is 11.4 Å². The third-order valence-corrected chi connectivity index (χ3v) is 7.99. The molecule has 0 bridgehead atoms. The van der Waals surface area contributed by atoms with E-state index in [1.165, 1.54) is 55.9 Å². The van der Waals surface area contributed by atoms with Crippen LogP contribution in [0.1, 0.15) is 41.6 Å². The molecule has 0 saturated carbocycles. The van der Waals surface area contributed by atoms with Gasteiger partial charge in [-0.25, -0.2) is 4.39 Å². The first-order valence-corrected chi connectivity index (χ1v) is 16.2. The van der Waals surface area contributed by atoms with E-state index in [9.17, 15) is 18.8 Å². The number of anilines is 8. The fourth-order valence-corrected chi connectivity index (χ4v) is 5.84. The molecule has 0 saturated heterocycles. The molecule has 0 aliphatic carbocycles. The summed E-state index contributed by atoms with van der Waals surface area (Å²) in [6.07, 6.45) is 0. The molecule has 1 aromatic carbocycles. The topological polar surface area (TPSA) is 249 Å². The van der Waals surface area contributed by atoms with E-state index < -0.39 is 11.6 Å². The average molecular weight is 754 g/mol. The predicted molar refractivity (Wildman–Crippen MR) is 183 cm³/mol. The van der Waals surface area contributed by atoms with Gasteiger partial charge in [0.15, 0.2) is 5.71 Å². The highest BCUT2D eigenvalue weighted by Gasteiger charge is 2.22. The van der Waals surface area contributed by atoms with Gasteiger partial charge in [-0.1, -0.05) is 27.0 Å². The van der Waals surface area contributed by atoms with Crippen molar-refractivity contribution in [1.82, 2.24) is 35.3 Å². The number of thiophene rings is 2. The lowest BCUT2D eigenvalue weighted by atomic mass is 10.2. The van der Waals surface area contributed by atoms with Crippen LogP contribution in [0.5, 0.6) is 0 Å². The zero-order valence-corrected chi connectivity index (χ0v) is 28.5. The van der Waals surface area contributed by atoms with Gasteiger partial charge in [0.05, 0.1) is 15.0 Å². The molecule has 19 nitrogen and oxygen atoms in total. The smallest absolute Gasteiger partial charge is 0.322 e.